The Labute approximate surface area is 153 Å². The molecule has 130 valence electrons. The second-order valence-electron chi connectivity index (χ2n) is 6.11. The van der Waals surface area contributed by atoms with Gasteiger partial charge in [-0.2, -0.15) is 0 Å². The molecule has 3 aromatic rings. The number of carbonyl (C=O) groups is 2. The Bertz CT molecular complexity index is 1050. The molecule has 1 saturated heterocycles. The number of rotatable bonds is 3. The summed E-state index contributed by atoms with van der Waals surface area (Å²) >= 11 is 0.932. The second-order valence-corrected chi connectivity index (χ2v) is 7.10. The van der Waals surface area contributed by atoms with Gasteiger partial charge < -0.3 is 4.57 Å². The van der Waals surface area contributed by atoms with E-state index in [-0.39, 0.29) is 23.5 Å². The van der Waals surface area contributed by atoms with E-state index in [1.54, 1.807) is 18.2 Å². The van der Waals surface area contributed by atoms with Crippen molar-refractivity contribution in [2.24, 2.45) is 7.05 Å². The summed E-state index contributed by atoms with van der Waals surface area (Å²) in [6.45, 7) is 0.137. The summed E-state index contributed by atoms with van der Waals surface area (Å²) in [5, 5.41) is 0.714. The molecule has 0 unspecified atom stereocenters. The van der Waals surface area contributed by atoms with Gasteiger partial charge in [-0.3, -0.25) is 14.5 Å². The number of imide groups is 1. The molecule has 0 radical (unpaired) electrons. The number of benzene rings is 2. The highest BCUT2D eigenvalue weighted by atomic mass is 32.2. The maximum atomic E-state index is 13.0. The van der Waals surface area contributed by atoms with Crippen LogP contribution in [-0.4, -0.2) is 20.6 Å². The molecule has 4 nitrogen and oxygen atoms in total. The summed E-state index contributed by atoms with van der Waals surface area (Å²) < 4.78 is 15.0. The van der Waals surface area contributed by atoms with Gasteiger partial charge in [-0.1, -0.05) is 30.3 Å². The second kappa shape index (κ2) is 6.46. The van der Waals surface area contributed by atoms with E-state index in [2.05, 4.69) is 0 Å². The molecular formula is C20H15FN2O2S. The Kier molecular flexibility index (Phi) is 4.12. The molecule has 1 fully saturated rings. The van der Waals surface area contributed by atoms with E-state index in [0.717, 1.165) is 28.2 Å². The van der Waals surface area contributed by atoms with Crippen LogP contribution in [0.2, 0.25) is 0 Å². The van der Waals surface area contributed by atoms with Crippen LogP contribution >= 0.6 is 11.8 Å². The van der Waals surface area contributed by atoms with Gasteiger partial charge >= 0.3 is 0 Å². The topological polar surface area (TPSA) is 42.3 Å². The average Bonchev–Trinajstić information content (AvgIpc) is 3.09. The van der Waals surface area contributed by atoms with E-state index in [4.69, 9.17) is 0 Å². The summed E-state index contributed by atoms with van der Waals surface area (Å²) in [6.07, 6.45) is 3.70. The minimum absolute atomic E-state index is 0.137. The van der Waals surface area contributed by atoms with E-state index >= 15 is 0 Å². The first-order valence-corrected chi connectivity index (χ1v) is 8.88. The number of hydrogen-bond acceptors (Lipinski definition) is 3. The fourth-order valence-electron chi connectivity index (χ4n) is 3.04. The van der Waals surface area contributed by atoms with E-state index in [1.165, 1.54) is 17.0 Å². The zero-order valence-corrected chi connectivity index (χ0v) is 14.8. The van der Waals surface area contributed by atoms with Gasteiger partial charge in [-0.05, 0) is 41.6 Å². The van der Waals surface area contributed by atoms with Crippen LogP contribution in [0, 0.1) is 5.82 Å². The molecule has 2 aromatic carbocycles. The minimum Gasteiger partial charge on any atom is -0.350 e. The van der Waals surface area contributed by atoms with Crippen LogP contribution in [0.25, 0.3) is 17.0 Å². The van der Waals surface area contributed by atoms with Crippen molar-refractivity contribution in [2.45, 2.75) is 6.54 Å². The fraction of sp³-hybridized carbons (Fsp3) is 0.100. The lowest BCUT2D eigenvalue weighted by molar-refractivity contribution is -0.123. The summed E-state index contributed by atoms with van der Waals surface area (Å²) in [5.41, 5.74) is 2.67. The molecule has 0 N–H and O–H groups in total. The average molecular weight is 366 g/mol. The Morgan fingerprint density at radius 1 is 1.08 bits per heavy atom. The van der Waals surface area contributed by atoms with E-state index in [9.17, 15) is 14.0 Å². The highest BCUT2D eigenvalue weighted by Crippen LogP contribution is 2.34. The Morgan fingerprint density at radius 3 is 2.58 bits per heavy atom. The molecule has 6 heteroatoms. The lowest BCUT2D eigenvalue weighted by Crippen LogP contribution is -2.27. The van der Waals surface area contributed by atoms with E-state index in [0.29, 0.717) is 10.5 Å². The molecule has 2 heterocycles. The molecule has 1 aliphatic rings. The third-order valence-corrected chi connectivity index (χ3v) is 5.25. The van der Waals surface area contributed by atoms with E-state index < -0.39 is 0 Å². The van der Waals surface area contributed by atoms with Crippen molar-refractivity contribution in [2.75, 3.05) is 0 Å². The number of aromatic nitrogens is 1. The molecular weight excluding hydrogens is 351 g/mol. The number of thioether (sulfide) groups is 1. The van der Waals surface area contributed by atoms with Crippen molar-refractivity contribution in [3.8, 4) is 0 Å². The lowest BCUT2D eigenvalue weighted by Gasteiger charge is -2.12. The van der Waals surface area contributed by atoms with Gasteiger partial charge in [0.2, 0.25) is 0 Å². The Morgan fingerprint density at radius 2 is 1.81 bits per heavy atom. The summed E-state index contributed by atoms with van der Waals surface area (Å²) in [6, 6.07) is 13.7. The number of aryl methyl sites for hydroxylation is 1. The van der Waals surface area contributed by atoms with Crippen molar-refractivity contribution in [3.05, 3.63) is 76.6 Å². The molecule has 26 heavy (non-hydrogen) atoms. The summed E-state index contributed by atoms with van der Waals surface area (Å²) in [5.74, 6) is -0.670. The Balaban J connectivity index is 1.64. The van der Waals surface area contributed by atoms with Gasteiger partial charge in [0, 0.05) is 29.7 Å². The van der Waals surface area contributed by atoms with Crippen LogP contribution < -0.4 is 0 Å². The van der Waals surface area contributed by atoms with Crippen LogP contribution in [0.15, 0.2) is 59.6 Å². The zero-order valence-electron chi connectivity index (χ0n) is 14.0. The quantitative estimate of drug-likeness (QED) is 0.639. The summed E-state index contributed by atoms with van der Waals surface area (Å²) in [7, 11) is 1.94. The predicted octanol–water partition coefficient (Wildman–Crippen LogP) is 4.55. The smallest absolute Gasteiger partial charge is 0.293 e. The van der Waals surface area contributed by atoms with Crippen LogP contribution in [0.3, 0.4) is 0 Å². The molecule has 4 rings (SSSR count). The molecule has 1 aliphatic heterocycles. The number of nitrogens with zero attached hydrogens (tertiary/aromatic N) is 2. The first kappa shape index (κ1) is 16.6. The lowest BCUT2D eigenvalue weighted by atomic mass is 10.1. The van der Waals surface area contributed by atoms with Crippen molar-refractivity contribution in [1.29, 1.82) is 0 Å². The maximum Gasteiger partial charge on any atom is 0.293 e. The van der Waals surface area contributed by atoms with Crippen molar-refractivity contribution in [3.63, 3.8) is 0 Å². The minimum atomic E-state index is -0.348. The normalized spacial score (nSPS) is 16.2. The highest BCUT2D eigenvalue weighted by molar-refractivity contribution is 8.18. The molecule has 0 spiro atoms. The number of para-hydroxylation sites is 1. The van der Waals surface area contributed by atoms with Gasteiger partial charge in [0.05, 0.1) is 11.4 Å². The van der Waals surface area contributed by atoms with Crippen LogP contribution in [0.4, 0.5) is 9.18 Å². The summed E-state index contributed by atoms with van der Waals surface area (Å²) in [4.78, 5) is 26.5. The number of carbonyl (C=O) groups excluding carboxylic acids is 2. The van der Waals surface area contributed by atoms with Gasteiger partial charge in [-0.25, -0.2) is 4.39 Å². The Hall–Kier alpha value is -2.86. The zero-order chi connectivity index (χ0) is 18.3. The number of hydrogen-bond donors (Lipinski definition) is 0. The number of fused-ring (bicyclic) bond motifs is 1. The molecule has 0 saturated carbocycles. The maximum absolute atomic E-state index is 13.0. The largest absolute Gasteiger partial charge is 0.350 e. The first-order valence-electron chi connectivity index (χ1n) is 8.07. The molecule has 1 aromatic heterocycles. The van der Waals surface area contributed by atoms with Gasteiger partial charge in [0.15, 0.2) is 0 Å². The van der Waals surface area contributed by atoms with Crippen LogP contribution in [0.1, 0.15) is 11.1 Å². The van der Waals surface area contributed by atoms with Gasteiger partial charge in [-0.15, -0.1) is 0 Å². The molecule has 0 atom stereocenters. The predicted molar refractivity (Wildman–Crippen MR) is 101 cm³/mol. The molecule has 2 amide bonds. The first-order chi connectivity index (χ1) is 12.5. The number of amides is 2. The molecule has 0 bridgehead atoms. The van der Waals surface area contributed by atoms with Gasteiger partial charge in [0.25, 0.3) is 11.1 Å². The number of halogens is 1. The van der Waals surface area contributed by atoms with Crippen LogP contribution in [0.5, 0.6) is 0 Å². The monoisotopic (exact) mass is 366 g/mol. The van der Waals surface area contributed by atoms with Crippen molar-refractivity contribution in [1.82, 2.24) is 9.47 Å². The third-order valence-electron chi connectivity index (χ3n) is 4.34. The van der Waals surface area contributed by atoms with Crippen molar-refractivity contribution < 1.29 is 14.0 Å². The van der Waals surface area contributed by atoms with Crippen molar-refractivity contribution >= 4 is 39.9 Å². The standard InChI is InChI=1S/C20H15FN2O2S/c1-22-12-14(16-4-2-3-5-17(16)22)10-18-19(24)23(20(25)26-18)11-13-6-8-15(21)9-7-13/h2-10,12H,11H2,1H3. The van der Waals surface area contributed by atoms with Gasteiger partial charge in [0.1, 0.15) is 5.82 Å². The van der Waals surface area contributed by atoms with E-state index in [1.807, 2.05) is 42.1 Å². The third kappa shape index (κ3) is 2.93. The SMILES string of the molecule is Cn1cc(C=C2SC(=O)N(Cc3ccc(F)cc3)C2=O)c2ccccc21. The fourth-order valence-corrected chi connectivity index (χ4v) is 3.87. The van der Waals surface area contributed by atoms with Crippen LogP contribution in [-0.2, 0) is 18.4 Å². The highest BCUT2D eigenvalue weighted by Gasteiger charge is 2.35. The molecule has 0 aliphatic carbocycles.